The van der Waals surface area contributed by atoms with E-state index in [2.05, 4.69) is 5.32 Å². The molecule has 98 valence electrons. The molecule has 0 aliphatic heterocycles. The Balaban J connectivity index is 2.15. The summed E-state index contributed by atoms with van der Waals surface area (Å²) in [6, 6.07) is 0.482. The molecule has 2 atom stereocenters. The Labute approximate surface area is 103 Å². The lowest BCUT2D eigenvalue weighted by Gasteiger charge is -2.41. The third kappa shape index (κ3) is 2.63. The van der Waals surface area contributed by atoms with Gasteiger partial charge in [0, 0.05) is 13.2 Å². The first-order valence-electron chi connectivity index (χ1n) is 6.70. The van der Waals surface area contributed by atoms with Gasteiger partial charge < -0.3 is 9.47 Å². The van der Waals surface area contributed by atoms with Crippen molar-refractivity contribution < 1.29 is 14.3 Å². The molecule has 0 heterocycles. The minimum atomic E-state index is -0.593. The van der Waals surface area contributed by atoms with Crippen LogP contribution in [0.15, 0.2) is 0 Å². The smallest absolute Gasteiger partial charge is 0.329 e. The largest absolute Gasteiger partial charge is 0.465 e. The Morgan fingerprint density at radius 3 is 2.71 bits per heavy atom. The Bertz CT molecular complexity index is 278. The molecule has 2 rings (SSSR count). The van der Waals surface area contributed by atoms with E-state index in [1.165, 1.54) is 0 Å². The summed E-state index contributed by atoms with van der Waals surface area (Å²) in [5, 5.41) is 3.49. The van der Waals surface area contributed by atoms with E-state index >= 15 is 0 Å². The van der Waals surface area contributed by atoms with E-state index in [1.807, 2.05) is 6.92 Å². The summed E-state index contributed by atoms with van der Waals surface area (Å²) in [5.41, 5.74) is -0.593. The van der Waals surface area contributed by atoms with Crippen LogP contribution in [0.25, 0.3) is 0 Å². The average Bonchev–Trinajstić information content (AvgIpc) is 3.13. The van der Waals surface area contributed by atoms with Gasteiger partial charge in [-0.2, -0.15) is 0 Å². The molecule has 2 aliphatic rings. The lowest BCUT2D eigenvalue weighted by atomic mass is 9.78. The number of esters is 1. The molecule has 0 spiro atoms. The zero-order valence-corrected chi connectivity index (χ0v) is 10.8. The van der Waals surface area contributed by atoms with E-state index in [4.69, 9.17) is 9.47 Å². The van der Waals surface area contributed by atoms with E-state index < -0.39 is 5.54 Å². The summed E-state index contributed by atoms with van der Waals surface area (Å²) in [4.78, 5) is 12.3. The van der Waals surface area contributed by atoms with Crippen LogP contribution in [0.4, 0.5) is 0 Å². The molecule has 4 nitrogen and oxygen atoms in total. The van der Waals surface area contributed by atoms with Crippen molar-refractivity contribution in [1.29, 1.82) is 0 Å². The maximum Gasteiger partial charge on any atom is 0.329 e. The second kappa shape index (κ2) is 5.36. The highest BCUT2D eigenvalue weighted by Crippen LogP contribution is 2.35. The Morgan fingerprint density at radius 2 is 2.12 bits per heavy atom. The van der Waals surface area contributed by atoms with Crippen LogP contribution in [-0.4, -0.2) is 37.4 Å². The standard InChI is InChI=1S/C13H23NO3/c1-3-17-12(15)13(14-10-7-8-10)9-5-4-6-11(13)16-2/h10-11,14H,3-9H2,1-2H3. The molecule has 17 heavy (non-hydrogen) atoms. The fraction of sp³-hybridized carbons (Fsp3) is 0.923. The van der Waals surface area contributed by atoms with Gasteiger partial charge >= 0.3 is 5.97 Å². The van der Waals surface area contributed by atoms with Crippen molar-refractivity contribution in [3.8, 4) is 0 Å². The molecule has 0 saturated heterocycles. The predicted molar refractivity (Wildman–Crippen MR) is 64.8 cm³/mol. The van der Waals surface area contributed by atoms with E-state index in [1.54, 1.807) is 7.11 Å². The lowest BCUT2D eigenvalue weighted by molar-refractivity contribution is -0.161. The maximum absolute atomic E-state index is 12.3. The van der Waals surface area contributed by atoms with Gasteiger partial charge in [-0.05, 0) is 32.6 Å². The Kier molecular flexibility index (Phi) is 4.05. The highest BCUT2D eigenvalue weighted by molar-refractivity contribution is 5.82. The molecule has 0 aromatic carbocycles. The van der Waals surface area contributed by atoms with Crippen molar-refractivity contribution in [3.63, 3.8) is 0 Å². The highest BCUT2D eigenvalue weighted by Gasteiger charge is 2.51. The zero-order valence-electron chi connectivity index (χ0n) is 10.8. The topological polar surface area (TPSA) is 47.6 Å². The second-order valence-electron chi connectivity index (χ2n) is 5.08. The van der Waals surface area contributed by atoms with Crippen molar-refractivity contribution >= 4 is 5.97 Å². The number of methoxy groups -OCH3 is 1. The van der Waals surface area contributed by atoms with Crippen LogP contribution < -0.4 is 5.32 Å². The van der Waals surface area contributed by atoms with Crippen LogP contribution in [0.5, 0.6) is 0 Å². The molecular weight excluding hydrogens is 218 g/mol. The number of rotatable bonds is 5. The van der Waals surface area contributed by atoms with Gasteiger partial charge in [0.15, 0.2) is 0 Å². The molecule has 2 fully saturated rings. The molecule has 0 aromatic rings. The second-order valence-corrected chi connectivity index (χ2v) is 5.08. The van der Waals surface area contributed by atoms with E-state index in [0.29, 0.717) is 12.6 Å². The van der Waals surface area contributed by atoms with E-state index in [0.717, 1.165) is 38.5 Å². The molecule has 1 N–H and O–H groups in total. The SMILES string of the molecule is CCOC(=O)C1(NC2CC2)CCCCC1OC. The first-order chi connectivity index (χ1) is 8.23. The molecule has 0 radical (unpaired) electrons. The molecule has 0 aromatic heterocycles. The fourth-order valence-electron chi connectivity index (χ4n) is 2.77. The van der Waals surface area contributed by atoms with Gasteiger partial charge in [0.2, 0.25) is 0 Å². The minimum absolute atomic E-state index is 0.0455. The summed E-state index contributed by atoms with van der Waals surface area (Å²) in [6.07, 6.45) is 6.26. The van der Waals surface area contributed by atoms with Crippen molar-refractivity contribution in [2.24, 2.45) is 0 Å². The summed E-state index contributed by atoms with van der Waals surface area (Å²) in [6.45, 7) is 2.29. The van der Waals surface area contributed by atoms with E-state index in [-0.39, 0.29) is 12.1 Å². The highest BCUT2D eigenvalue weighted by atomic mass is 16.5. The van der Waals surface area contributed by atoms with Gasteiger partial charge in [0.25, 0.3) is 0 Å². The lowest BCUT2D eigenvalue weighted by Crippen LogP contribution is -2.63. The normalized spacial score (nSPS) is 33.4. The van der Waals surface area contributed by atoms with Gasteiger partial charge in [-0.25, -0.2) is 4.79 Å². The van der Waals surface area contributed by atoms with Gasteiger partial charge in [-0.15, -0.1) is 0 Å². The van der Waals surface area contributed by atoms with Crippen LogP contribution in [-0.2, 0) is 14.3 Å². The number of hydrogen-bond donors (Lipinski definition) is 1. The predicted octanol–water partition coefficient (Wildman–Crippen LogP) is 1.63. The number of hydrogen-bond acceptors (Lipinski definition) is 4. The van der Waals surface area contributed by atoms with Crippen molar-refractivity contribution in [1.82, 2.24) is 5.32 Å². The average molecular weight is 241 g/mol. The van der Waals surface area contributed by atoms with Crippen molar-refractivity contribution in [2.75, 3.05) is 13.7 Å². The number of ether oxygens (including phenoxy) is 2. The number of carbonyl (C=O) groups is 1. The fourth-order valence-corrected chi connectivity index (χ4v) is 2.77. The van der Waals surface area contributed by atoms with Gasteiger partial charge in [-0.3, -0.25) is 5.32 Å². The van der Waals surface area contributed by atoms with Crippen LogP contribution in [0.1, 0.15) is 45.4 Å². The van der Waals surface area contributed by atoms with E-state index in [9.17, 15) is 4.79 Å². The molecular formula is C13H23NO3. The molecule has 2 aliphatic carbocycles. The third-order valence-electron chi connectivity index (χ3n) is 3.80. The summed E-state index contributed by atoms with van der Waals surface area (Å²) < 4.78 is 10.8. The van der Waals surface area contributed by atoms with Crippen molar-refractivity contribution in [3.05, 3.63) is 0 Å². The minimum Gasteiger partial charge on any atom is -0.465 e. The first kappa shape index (κ1) is 12.8. The van der Waals surface area contributed by atoms with Crippen LogP contribution in [0.2, 0.25) is 0 Å². The molecule has 4 heteroatoms. The number of carbonyl (C=O) groups excluding carboxylic acids is 1. The van der Waals surface area contributed by atoms with Crippen LogP contribution in [0.3, 0.4) is 0 Å². The first-order valence-corrected chi connectivity index (χ1v) is 6.70. The number of nitrogens with one attached hydrogen (secondary N) is 1. The molecule has 0 bridgehead atoms. The summed E-state index contributed by atoms with van der Waals surface area (Å²) in [5.74, 6) is -0.126. The van der Waals surface area contributed by atoms with Crippen LogP contribution in [0, 0.1) is 0 Å². The molecule has 2 saturated carbocycles. The molecule has 0 amide bonds. The Hall–Kier alpha value is -0.610. The van der Waals surface area contributed by atoms with Crippen LogP contribution >= 0.6 is 0 Å². The zero-order chi connectivity index (χ0) is 12.3. The van der Waals surface area contributed by atoms with Gasteiger partial charge in [0.1, 0.15) is 5.54 Å². The van der Waals surface area contributed by atoms with Gasteiger partial charge in [-0.1, -0.05) is 12.8 Å². The van der Waals surface area contributed by atoms with Crippen molar-refractivity contribution in [2.45, 2.75) is 63.1 Å². The maximum atomic E-state index is 12.3. The third-order valence-corrected chi connectivity index (χ3v) is 3.80. The summed E-state index contributed by atoms with van der Waals surface area (Å²) in [7, 11) is 1.69. The van der Waals surface area contributed by atoms with Gasteiger partial charge in [0.05, 0.1) is 12.7 Å². The molecule has 2 unspecified atom stereocenters. The summed E-state index contributed by atoms with van der Waals surface area (Å²) >= 11 is 0. The Morgan fingerprint density at radius 1 is 1.35 bits per heavy atom. The monoisotopic (exact) mass is 241 g/mol. The quantitative estimate of drug-likeness (QED) is 0.743.